The Balaban J connectivity index is 2.44. The van der Waals surface area contributed by atoms with Gasteiger partial charge in [-0.25, -0.2) is 0 Å². The van der Waals surface area contributed by atoms with Crippen molar-refractivity contribution in [3.05, 3.63) is 54.1 Å². The lowest BCUT2D eigenvalue weighted by atomic mass is 10.0. The summed E-state index contributed by atoms with van der Waals surface area (Å²) in [6.07, 6.45) is 0. The van der Waals surface area contributed by atoms with Gasteiger partial charge in [-0.2, -0.15) is 0 Å². The summed E-state index contributed by atoms with van der Waals surface area (Å²) in [5, 5.41) is 3.58. The van der Waals surface area contributed by atoms with Crippen molar-refractivity contribution >= 4 is 43.2 Å². The van der Waals surface area contributed by atoms with Crippen LogP contribution < -0.4 is 5.32 Å². The fourth-order valence-electron chi connectivity index (χ4n) is 2.06. The van der Waals surface area contributed by atoms with E-state index in [1.165, 1.54) is 29.8 Å². The van der Waals surface area contributed by atoms with E-state index in [0.717, 1.165) is 6.54 Å². The number of aryl methyl sites for hydroxylation is 2. The molecule has 0 saturated heterocycles. The van der Waals surface area contributed by atoms with Gasteiger partial charge < -0.3 is 5.32 Å². The zero-order valence-electron chi connectivity index (χ0n) is 11.3. The zero-order valence-corrected chi connectivity index (χ0v) is 15.2. The Morgan fingerprint density at radius 2 is 1.95 bits per heavy atom. The highest BCUT2D eigenvalue weighted by molar-refractivity contribution is 9.11. The second-order valence-corrected chi connectivity index (χ2v) is 7.88. The van der Waals surface area contributed by atoms with Crippen molar-refractivity contribution in [2.45, 2.75) is 26.8 Å². The summed E-state index contributed by atoms with van der Waals surface area (Å²) in [7, 11) is 0. The maximum Gasteiger partial charge on any atom is 0.0731 e. The molecule has 0 spiro atoms. The summed E-state index contributed by atoms with van der Waals surface area (Å²) in [5.41, 5.74) is 3.86. The van der Waals surface area contributed by atoms with Crippen molar-refractivity contribution < 1.29 is 0 Å². The maximum atomic E-state index is 3.69. The number of rotatable bonds is 4. The van der Waals surface area contributed by atoms with Gasteiger partial charge in [-0.1, -0.05) is 35.0 Å². The van der Waals surface area contributed by atoms with E-state index in [2.05, 4.69) is 82.2 Å². The third-order valence-electron chi connectivity index (χ3n) is 3.04. The Hall–Kier alpha value is -0.160. The molecule has 0 amide bonds. The molecule has 1 unspecified atom stereocenters. The number of benzene rings is 1. The van der Waals surface area contributed by atoms with Gasteiger partial charge in [-0.15, -0.1) is 11.3 Å². The number of hydrogen-bond acceptors (Lipinski definition) is 2. The minimum absolute atomic E-state index is 0.245. The lowest BCUT2D eigenvalue weighted by Crippen LogP contribution is -2.21. The van der Waals surface area contributed by atoms with Crippen molar-refractivity contribution in [3.63, 3.8) is 0 Å². The topological polar surface area (TPSA) is 12.0 Å². The highest BCUT2D eigenvalue weighted by atomic mass is 79.9. The van der Waals surface area contributed by atoms with E-state index < -0.39 is 0 Å². The highest BCUT2D eigenvalue weighted by Gasteiger charge is 2.18. The van der Waals surface area contributed by atoms with Crippen LogP contribution in [0.3, 0.4) is 0 Å². The summed E-state index contributed by atoms with van der Waals surface area (Å²) in [4.78, 5) is 1.34. The molecule has 2 rings (SSSR count). The molecule has 1 aromatic carbocycles. The van der Waals surface area contributed by atoms with Gasteiger partial charge in [0, 0.05) is 9.35 Å². The summed E-state index contributed by atoms with van der Waals surface area (Å²) in [6.45, 7) is 7.34. The lowest BCUT2D eigenvalue weighted by Gasteiger charge is -2.19. The van der Waals surface area contributed by atoms with Gasteiger partial charge in [0.05, 0.1) is 9.83 Å². The van der Waals surface area contributed by atoms with Crippen LogP contribution in [0.1, 0.15) is 34.5 Å². The van der Waals surface area contributed by atoms with E-state index in [1.807, 2.05) is 0 Å². The van der Waals surface area contributed by atoms with Crippen LogP contribution in [0.4, 0.5) is 0 Å². The first-order valence-corrected chi connectivity index (χ1v) is 8.68. The largest absolute Gasteiger partial charge is 0.306 e. The smallest absolute Gasteiger partial charge is 0.0731 e. The number of thiophene rings is 1. The van der Waals surface area contributed by atoms with Crippen LogP contribution in [0.25, 0.3) is 0 Å². The fourth-order valence-corrected chi connectivity index (χ4v) is 4.45. The molecule has 102 valence electrons. The van der Waals surface area contributed by atoms with E-state index in [9.17, 15) is 0 Å². The van der Waals surface area contributed by atoms with Crippen molar-refractivity contribution in [3.8, 4) is 0 Å². The van der Waals surface area contributed by atoms with Gasteiger partial charge in [0.2, 0.25) is 0 Å². The molecule has 0 fully saturated rings. The molecule has 0 aliphatic carbocycles. The van der Waals surface area contributed by atoms with Crippen LogP contribution in [-0.4, -0.2) is 6.54 Å². The number of hydrogen-bond donors (Lipinski definition) is 1. The molecule has 2 aromatic rings. The van der Waals surface area contributed by atoms with Crippen LogP contribution in [0, 0.1) is 13.8 Å². The van der Waals surface area contributed by atoms with Gasteiger partial charge in [0.25, 0.3) is 0 Å². The van der Waals surface area contributed by atoms with Gasteiger partial charge in [0.15, 0.2) is 0 Å². The first-order valence-electron chi connectivity index (χ1n) is 6.28. The second kappa shape index (κ2) is 6.53. The third-order valence-corrected chi connectivity index (χ3v) is 5.92. The lowest BCUT2D eigenvalue weighted by molar-refractivity contribution is 0.637. The van der Waals surface area contributed by atoms with Crippen molar-refractivity contribution in [2.75, 3.05) is 6.54 Å². The van der Waals surface area contributed by atoms with Crippen molar-refractivity contribution in [1.29, 1.82) is 0 Å². The Bertz CT molecular complexity index is 558. The molecule has 0 radical (unpaired) electrons. The minimum Gasteiger partial charge on any atom is -0.306 e. The average molecular weight is 403 g/mol. The first kappa shape index (κ1) is 15.2. The van der Waals surface area contributed by atoms with E-state index >= 15 is 0 Å². The van der Waals surface area contributed by atoms with E-state index in [-0.39, 0.29) is 6.04 Å². The molecular formula is C15H17Br2NS. The SMILES string of the molecule is CCNC(c1cc(C)c(Br)s1)c1ccc(C)cc1Br. The Labute approximate surface area is 135 Å². The Morgan fingerprint density at radius 1 is 1.21 bits per heavy atom. The molecule has 0 saturated carbocycles. The van der Waals surface area contributed by atoms with Crippen LogP contribution >= 0.6 is 43.2 Å². The van der Waals surface area contributed by atoms with Crippen LogP contribution in [0.15, 0.2) is 32.5 Å². The number of nitrogens with one attached hydrogen (secondary N) is 1. The molecule has 0 bridgehead atoms. The maximum absolute atomic E-state index is 3.69. The van der Waals surface area contributed by atoms with Gasteiger partial charge in [-0.05, 0) is 65.1 Å². The standard InChI is InChI=1S/C15H17Br2NS/c1-4-18-14(13-8-10(3)15(17)19-13)11-6-5-9(2)7-12(11)16/h5-8,14,18H,4H2,1-3H3. The Kier molecular flexibility index (Phi) is 5.23. The normalized spacial score (nSPS) is 12.7. The summed E-state index contributed by atoms with van der Waals surface area (Å²) in [6, 6.07) is 9.05. The average Bonchev–Trinajstić information content (AvgIpc) is 2.67. The molecule has 1 atom stereocenters. The van der Waals surface area contributed by atoms with Crippen molar-refractivity contribution in [1.82, 2.24) is 5.32 Å². The molecule has 1 aromatic heterocycles. The molecule has 0 aliphatic heterocycles. The fraction of sp³-hybridized carbons (Fsp3) is 0.333. The summed E-state index contributed by atoms with van der Waals surface area (Å²) < 4.78 is 2.38. The van der Waals surface area contributed by atoms with Crippen LogP contribution in [0.2, 0.25) is 0 Å². The summed E-state index contributed by atoms with van der Waals surface area (Å²) >= 11 is 9.11. The quantitative estimate of drug-likeness (QED) is 0.702. The molecule has 1 N–H and O–H groups in total. The van der Waals surface area contributed by atoms with E-state index in [4.69, 9.17) is 0 Å². The van der Waals surface area contributed by atoms with Gasteiger partial charge in [0.1, 0.15) is 0 Å². The molecule has 19 heavy (non-hydrogen) atoms. The molecule has 1 heterocycles. The monoisotopic (exact) mass is 401 g/mol. The molecular weight excluding hydrogens is 386 g/mol. The molecule has 1 nitrogen and oxygen atoms in total. The third kappa shape index (κ3) is 3.48. The highest BCUT2D eigenvalue weighted by Crippen LogP contribution is 2.36. The summed E-state index contributed by atoms with van der Waals surface area (Å²) in [5.74, 6) is 0. The van der Waals surface area contributed by atoms with Crippen molar-refractivity contribution in [2.24, 2.45) is 0 Å². The predicted octanol–water partition coefficient (Wildman–Crippen LogP) is 5.59. The molecule has 4 heteroatoms. The van der Waals surface area contributed by atoms with Crippen LogP contribution in [0.5, 0.6) is 0 Å². The van der Waals surface area contributed by atoms with E-state index in [0.29, 0.717) is 0 Å². The predicted molar refractivity (Wildman–Crippen MR) is 91.2 cm³/mol. The first-order chi connectivity index (χ1) is 9.02. The minimum atomic E-state index is 0.245. The molecule has 0 aliphatic rings. The van der Waals surface area contributed by atoms with Gasteiger partial charge in [-0.3, -0.25) is 0 Å². The van der Waals surface area contributed by atoms with Crippen LogP contribution in [-0.2, 0) is 0 Å². The van der Waals surface area contributed by atoms with Gasteiger partial charge >= 0.3 is 0 Å². The second-order valence-electron chi connectivity index (χ2n) is 4.62. The van der Waals surface area contributed by atoms with E-state index in [1.54, 1.807) is 11.3 Å². The zero-order chi connectivity index (χ0) is 14.0. The number of halogens is 2. The Morgan fingerprint density at radius 3 is 2.47 bits per heavy atom.